The Morgan fingerprint density at radius 1 is 1.50 bits per heavy atom. The van der Waals surface area contributed by atoms with E-state index in [9.17, 15) is 4.79 Å². The second-order valence-electron chi connectivity index (χ2n) is 4.64. The van der Waals surface area contributed by atoms with Crippen molar-refractivity contribution in [3.63, 3.8) is 0 Å². The molecule has 0 aliphatic carbocycles. The minimum atomic E-state index is 0.228. The second kappa shape index (κ2) is 7.04. The summed E-state index contributed by atoms with van der Waals surface area (Å²) in [6.07, 6.45) is 1.85. The van der Waals surface area contributed by atoms with Crippen molar-refractivity contribution in [3.8, 4) is 0 Å². The van der Waals surface area contributed by atoms with Gasteiger partial charge in [0.2, 0.25) is 0 Å². The lowest BCUT2D eigenvalue weighted by molar-refractivity contribution is -0.119. The molecule has 0 aliphatic heterocycles. The Morgan fingerprint density at radius 2 is 2.17 bits per heavy atom. The van der Waals surface area contributed by atoms with E-state index in [0.29, 0.717) is 19.4 Å². The van der Waals surface area contributed by atoms with Crippen LogP contribution in [0.25, 0.3) is 0 Å². The van der Waals surface area contributed by atoms with Gasteiger partial charge in [-0.25, -0.2) is 0 Å². The molecule has 1 atom stereocenters. The topological polar surface area (TPSA) is 60.9 Å². The fourth-order valence-electron chi connectivity index (χ4n) is 1.92. The van der Waals surface area contributed by atoms with Gasteiger partial charge in [-0.05, 0) is 41.7 Å². The van der Waals surface area contributed by atoms with Gasteiger partial charge in [0, 0.05) is 19.4 Å². The number of halogens is 1. The van der Waals surface area contributed by atoms with E-state index >= 15 is 0 Å². The highest BCUT2D eigenvalue weighted by Crippen LogP contribution is 2.23. The number of carbonyl (C=O) groups excluding carboxylic acids is 1. The Labute approximate surface area is 117 Å². The fraction of sp³-hybridized carbons (Fsp3) is 0.692. The van der Waals surface area contributed by atoms with Crippen LogP contribution in [-0.2, 0) is 24.2 Å². The molecule has 4 nitrogen and oxygen atoms in total. The van der Waals surface area contributed by atoms with E-state index in [1.807, 2.05) is 18.5 Å². The van der Waals surface area contributed by atoms with Gasteiger partial charge in [0.25, 0.3) is 0 Å². The summed E-state index contributed by atoms with van der Waals surface area (Å²) in [5.41, 5.74) is 7.56. The van der Waals surface area contributed by atoms with Crippen molar-refractivity contribution in [1.82, 2.24) is 9.78 Å². The summed E-state index contributed by atoms with van der Waals surface area (Å²) >= 11 is 3.55. The van der Waals surface area contributed by atoms with Crippen molar-refractivity contribution in [1.29, 1.82) is 0 Å². The molecule has 1 heterocycles. The first-order valence-corrected chi connectivity index (χ1v) is 7.28. The fourth-order valence-corrected chi connectivity index (χ4v) is 2.62. The van der Waals surface area contributed by atoms with Gasteiger partial charge >= 0.3 is 0 Å². The van der Waals surface area contributed by atoms with Crippen LogP contribution in [0.2, 0.25) is 0 Å². The van der Waals surface area contributed by atoms with Crippen LogP contribution in [0.3, 0.4) is 0 Å². The molecular formula is C13H22BrN3O. The summed E-state index contributed by atoms with van der Waals surface area (Å²) in [4.78, 5) is 12.0. The number of carbonyl (C=O) groups is 1. The third kappa shape index (κ3) is 3.65. The standard InChI is InChI=1S/C13H22BrN3O/c1-4-11-13(14)12(17(5-2)16-11)7-10(18)6-9(3)8-15/h9H,4-8,15H2,1-3H3. The molecule has 1 aromatic heterocycles. The summed E-state index contributed by atoms with van der Waals surface area (Å²) < 4.78 is 2.90. The van der Waals surface area contributed by atoms with Crippen LogP contribution in [0, 0.1) is 5.92 Å². The quantitative estimate of drug-likeness (QED) is 0.840. The highest BCUT2D eigenvalue weighted by molar-refractivity contribution is 9.10. The molecule has 0 spiro atoms. The van der Waals surface area contributed by atoms with E-state index in [2.05, 4.69) is 28.0 Å². The molecule has 0 aliphatic rings. The molecule has 0 saturated heterocycles. The van der Waals surface area contributed by atoms with E-state index in [0.717, 1.165) is 28.8 Å². The highest BCUT2D eigenvalue weighted by atomic mass is 79.9. The molecule has 1 unspecified atom stereocenters. The zero-order valence-electron chi connectivity index (χ0n) is 11.4. The van der Waals surface area contributed by atoms with Crippen LogP contribution in [0.1, 0.15) is 38.6 Å². The normalized spacial score (nSPS) is 12.7. The molecule has 1 rings (SSSR count). The Kier molecular flexibility index (Phi) is 6.02. The number of rotatable bonds is 7. The molecule has 102 valence electrons. The van der Waals surface area contributed by atoms with Crippen molar-refractivity contribution in [2.45, 2.75) is 46.6 Å². The summed E-state index contributed by atoms with van der Waals surface area (Å²) in [6, 6.07) is 0. The molecule has 5 heteroatoms. The second-order valence-corrected chi connectivity index (χ2v) is 5.43. The van der Waals surface area contributed by atoms with Crippen LogP contribution >= 0.6 is 15.9 Å². The van der Waals surface area contributed by atoms with Crippen LogP contribution in [0.4, 0.5) is 0 Å². The van der Waals surface area contributed by atoms with E-state index in [1.54, 1.807) is 0 Å². The van der Waals surface area contributed by atoms with Crippen LogP contribution < -0.4 is 5.73 Å². The Bertz CT molecular complexity index is 415. The molecule has 0 saturated carbocycles. The van der Waals surface area contributed by atoms with Crippen LogP contribution in [0.15, 0.2) is 4.47 Å². The molecule has 18 heavy (non-hydrogen) atoms. The maximum absolute atomic E-state index is 12.0. The number of Topliss-reactive ketones (excluding diaryl/α,β-unsaturated/α-hetero) is 1. The number of aryl methyl sites for hydroxylation is 2. The SMILES string of the molecule is CCc1nn(CC)c(CC(=O)CC(C)CN)c1Br. The number of hydrogen-bond donors (Lipinski definition) is 1. The lowest BCUT2D eigenvalue weighted by atomic mass is 10.0. The molecule has 1 aromatic rings. The smallest absolute Gasteiger partial charge is 0.139 e. The molecular weight excluding hydrogens is 294 g/mol. The van der Waals surface area contributed by atoms with Gasteiger partial charge in [0.05, 0.1) is 15.9 Å². The highest BCUT2D eigenvalue weighted by Gasteiger charge is 2.17. The first-order valence-electron chi connectivity index (χ1n) is 6.49. The van der Waals surface area contributed by atoms with Crippen molar-refractivity contribution >= 4 is 21.7 Å². The number of nitrogens with two attached hydrogens (primary N) is 1. The zero-order chi connectivity index (χ0) is 13.7. The minimum Gasteiger partial charge on any atom is -0.330 e. The Morgan fingerprint density at radius 3 is 2.67 bits per heavy atom. The average Bonchev–Trinajstić information content (AvgIpc) is 2.66. The van der Waals surface area contributed by atoms with Gasteiger partial charge in [-0.3, -0.25) is 9.48 Å². The largest absolute Gasteiger partial charge is 0.330 e. The molecule has 0 aromatic carbocycles. The third-order valence-corrected chi connectivity index (χ3v) is 3.95. The molecule has 0 radical (unpaired) electrons. The lowest BCUT2D eigenvalue weighted by Gasteiger charge is -2.08. The molecule has 0 bridgehead atoms. The van der Waals surface area contributed by atoms with Crippen molar-refractivity contribution in [3.05, 3.63) is 15.9 Å². The van der Waals surface area contributed by atoms with E-state index in [1.165, 1.54) is 0 Å². The first kappa shape index (κ1) is 15.4. The van der Waals surface area contributed by atoms with Crippen molar-refractivity contribution < 1.29 is 4.79 Å². The average molecular weight is 316 g/mol. The number of ketones is 1. The molecule has 0 fully saturated rings. The van der Waals surface area contributed by atoms with Gasteiger partial charge in [0.15, 0.2) is 0 Å². The van der Waals surface area contributed by atoms with Crippen molar-refractivity contribution in [2.24, 2.45) is 11.7 Å². The van der Waals surface area contributed by atoms with Gasteiger partial charge in [-0.1, -0.05) is 13.8 Å². The van der Waals surface area contributed by atoms with Crippen molar-refractivity contribution in [2.75, 3.05) is 6.54 Å². The monoisotopic (exact) mass is 315 g/mol. The summed E-state index contributed by atoms with van der Waals surface area (Å²) in [6.45, 7) is 7.44. The number of hydrogen-bond acceptors (Lipinski definition) is 3. The zero-order valence-corrected chi connectivity index (χ0v) is 13.0. The Hall–Kier alpha value is -0.680. The first-order chi connectivity index (χ1) is 8.53. The summed E-state index contributed by atoms with van der Waals surface area (Å²) in [7, 11) is 0. The minimum absolute atomic E-state index is 0.228. The number of aromatic nitrogens is 2. The molecule has 0 amide bonds. The van der Waals surface area contributed by atoms with Crippen LogP contribution in [0.5, 0.6) is 0 Å². The predicted octanol–water partition coefficient (Wildman–Crippen LogP) is 2.32. The predicted molar refractivity (Wildman–Crippen MR) is 76.5 cm³/mol. The summed E-state index contributed by atoms with van der Waals surface area (Å²) in [5.74, 6) is 0.478. The van der Waals surface area contributed by atoms with Gasteiger partial charge < -0.3 is 5.73 Å². The van der Waals surface area contributed by atoms with Gasteiger partial charge in [-0.2, -0.15) is 5.10 Å². The van der Waals surface area contributed by atoms with Gasteiger partial charge in [0.1, 0.15) is 5.78 Å². The number of nitrogens with zero attached hydrogens (tertiary/aromatic N) is 2. The molecule has 2 N–H and O–H groups in total. The maximum Gasteiger partial charge on any atom is 0.139 e. The Balaban J connectivity index is 2.83. The van der Waals surface area contributed by atoms with E-state index < -0.39 is 0 Å². The summed E-state index contributed by atoms with van der Waals surface area (Å²) in [5, 5.41) is 4.49. The maximum atomic E-state index is 12.0. The lowest BCUT2D eigenvalue weighted by Crippen LogP contribution is -2.17. The van der Waals surface area contributed by atoms with E-state index in [-0.39, 0.29) is 11.7 Å². The van der Waals surface area contributed by atoms with E-state index in [4.69, 9.17) is 5.73 Å². The third-order valence-electron chi connectivity index (χ3n) is 3.04. The van der Waals surface area contributed by atoms with Gasteiger partial charge in [-0.15, -0.1) is 0 Å². The van der Waals surface area contributed by atoms with Crippen LogP contribution in [-0.4, -0.2) is 22.1 Å².